The Bertz CT molecular complexity index is 211. The summed E-state index contributed by atoms with van der Waals surface area (Å²) >= 11 is 3.41. The van der Waals surface area contributed by atoms with E-state index in [1.807, 2.05) is 0 Å². The molecule has 0 radical (unpaired) electrons. The molecule has 1 aromatic rings. The van der Waals surface area contributed by atoms with Gasteiger partial charge in [0.25, 0.3) is 0 Å². The van der Waals surface area contributed by atoms with Crippen molar-refractivity contribution in [3.63, 3.8) is 0 Å². The SMILES string of the molecule is BrCCCNCCc1ccccc1. The van der Waals surface area contributed by atoms with E-state index in [0.29, 0.717) is 0 Å². The van der Waals surface area contributed by atoms with E-state index in [0.717, 1.165) is 24.8 Å². The first-order valence-corrected chi connectivity index (χ1v) is 5.86. The zero-order valence-electron chi connectivity index (χ0n) is 7.80. The van der Waals surface area contributed by atoms with Crippen LogP contribution >= 0.6 is 15.9 Å². The van der Waals surface area contributed by atoms with Gasteiger partial charge in [-0.15, -0.1) is 0 Å². The van der Waals surface area contributed by atoms with Crippen molar-refractivity contribution in [1.29, 1.82) is 0 Å². The fourth-order valence-corrected chi connectivity index (χ4v) is 1.47. The Morgan fingerprint density at radius 1 is 1.08 bits per heavy atom. The Morgan fingerprint density at radius 2 is 1.85 bits per heavy atom. The Balaban J connectivity index is 2.07. The summed E-state index contributed by atoms with van der Waals surface area (Å²) in [6.07, 6.45) is 2.33. The number of nitrogens with one attached hydrogen (secondary N) is 1. The summed E-state index contributed by atoms with van der Waals surface area (Å²) in [5, 5.41) is 4.49. The molecule has 13 heavy (non-hydrogen) atoms. The molecule has 0 bridgehead atoms. The number of hydrogen-bond acceptors (Lipinski definition) is 1. The van der Waals surface area contributed by atoms with Crippen LogP contribution in [-0.2, 0) is 6.42 Å². The molecule has 1 nitrogen and oxygen atoms in total. The molecular weight excluding hydrogens is 226 g/mol. The zero-order chi connectivity index (χ0) is 9.36. The molecule has 1 rings (SSSR count). The van der Waals surface area contributed by atoms with Crippen molar-refractivity contribution < 1.29 is 0 Å². The van der Waals surface area contributed by atoms with Gasteiger partial charge >= 0.3 is 0 Å². The van der Waals surface area contributed by atoms with Crippen LogP contribution in [0.25, 0.3) is 0 Å². The molecule has 2 heteroatoms. The van der Waals surface area contributed by atoms with Crippen molar-refractivity contribution in [3.8, 4) is 0 Å². The summed E-state index contributed by atoms with van der Waals surface area (Å²) in [7, 11) is 0. The number of halogens is 1. The monoisotopic (exact) mass is 241 g/mol. The lowest BCUT2D eigenvalue weighted by atomic mass is 10.1. The van der Waals surface area contributed by atoms with Crippen LogP contribution in [0.1, 0.15) is 12.0 Å². The summed E-state index contributed by atoms with van der Waals surface area (Å²) < 4.78 is 0. The minimum Gasteiger partial charge on any atom is -0.316 e. The summed E-state index contributed by atoms with van der Waals surface area (Å²) in [5.74, 6) is 0. The van der Waals surface area contributed by atoms with Gasteiger partial charge in [-0.2, -0.15) is 0 Å². The first-order chi connectivity index (χ1) is 6.43. The highest BCUT2D eigenvalue weighted by Gasteiger charge is 1.90. The smallest absolute Gasteiger partial charge is 0.00433 e. The molecule has 1 aromatic carbocycles. The van der Waals surface area contributed by atoms with E-state index in [-0.39, 0.29) is 0 Å². The Kier molecular flexibility index (Phi) is 5.87. The average Bonchev–Trinajstić information content (AvgIpc) is 2.19. The third kappa shape index (κ3) is 5.06. The van der Waals surface area contributed by atoms with Crippen molar-refractivity contribution in [2.24, 2.45) is 0 Å². The Hall–Kier alpha value is -0.340. The van der Waals surface area contributed by atoms with Gasteiger partial charge in [0.2, 0.25) is 0 Å². The van der Waals surface area contributed by atoms with Gasteiger partial charge in [0.05, 0.1) is 0 Å². The predicted molar refractivity (Wildman–Crippen MR) is 61.4 cm³/mol. The Labute approximate surface area is 88.7 Å². The third-order valence-corrected chi connectivity index (χ3v) is 2.48. The molecule has 0 aliphatic carbocycles. The van der Waals surface area contributed by atoms with Crippen LogP contribution in [-0.4, -0.2) is 18.4 Å². The quantitative estimate of drug-likeness (QED) is 0.597. The van der Waals surface area contributed by atoms with Crippen molar-refractivity contribution in [1.82, 2.24) is 5.32 Å². The topological polar surface area (TPSA) is 12.0 Å². The molecule has 0 saturated carbocycles. The average molecular weight is 242 g/mol. The maximum absolute atomic E-state index is 3.41. The van der Waals surface area contributed by atoms with Gasteiger partial charge < -0.3 is 5.32 Å². The molecule has 0 spiro atoms. The second kappa shape index (κ2) is 7.10. The number of hydrogen-bond donors (Lipinski definition) is 1. The number of alkyl halides is 1. The molecular formula is C11H16BrN. The van der Waals surface area contributed by atoms with Crippen molar-refractivity contribution >= 4 is 15.9 Å². The first kappa shape index (κ1) is 10.7. The van der Waals surface area contributed by atoms with E-state index < -0.39 is 0 Å². The van der Waals surface area contributed by atoms with Gasteiger partial charge in [-0.25, -0.2) is 0 Å². The van der Waals surface area contributed by atoms with Gasteiger partial charge in [0, 0.05) is 5.33 Å². The first-order valence-electron chi connectivity index (χ1n) is 4.74. The van der Waals surface area contributed by atoms with Crippen LogP contribution in [0.3, 0.4) is 0 Å². The molecule has 0 aliphatic rings. The van der Waals surface area contributed by atoms with Crippen LogP contribution in [0.15, 0.2) is 30.3 Å². The highest BCUT2D eigenvalue weighted by molar-refractivity contribution is 9.09. The molecule has 1 N–H and O–H groups in total. The summed E-state index contributed by atoms with van der Waals surface area (Å²) in [4.78, 5) is 0. The summed E-state index contributed by atoms with van der Waals surface area (Å²) in [6, 6.07) is 10.6. The second-order valence-electron chi connectivity index (χ2n) is 3.03. The van der Waals surface area contributed by atoms with E-state index in [1.165, 1.54) is 12.0 Å². The van der Waals surface area contributed by atoms with Gasteiger partial charge in [-0.05, 0) is 31.5 Å². The number of rotatable bonds is 6. The van der Waals surface area contributed by atoms with Crippen LogP contribution in [0, 0.1) is 0 Å². The normalized spacial score (nSPS) is 10.2. The highest BCUT2D eigenvalue weighted by atomic mass is 79.9. The largest absolute Gasteiger partial charge is 0.316 e. The fraction of sp³-hybridized carbons (Fsp3) is 0.455. The van der Waals surface area contributed by atoms with E-state index >= 15 is 0 Å². The molecule has 0 fully saturated rings. The maximum atomic E-state index is 3.41. The van der Waals surface area contributed by atoms with Gasteiger partial charge in [0.1, 0.15) is 0 Å². The van der Waals surface area contributed by atoms with Crippen LogP contribution in [0.2, 0.25) is 0 Å². The third-order valence-electron chi connectivity index (χ3n) is 1.92. The van der Waals surface area contributed by atoms with Crippen molar-refractivity contribution in [2.75, 3.05) is 18.4 Å². The van der Waals surface area contributed by atoms with E-state index in [9.17, 15) is 0 Å². The minimum atomic E-state index is 1.08. The molecule has 0 aliphatic heterocycles. The lowest BCUT2D eigenvalue weighted by Crippen LogP contribution is -2.18. The van der Waals surface area contributed by atoms with E-state index in [4.69, 9.17) is 0 Å². The lowest BCUT2D eigenvalue weighted by molar-refractivity contribution is 0.675. The maximum Gasteiger partial charge on any atom is 0.00433 e. The molecule has 0 aromatic heterocycles. The lowest BCUT2D eigenvalue weighted by Gasteiger charge is -2.02. The van der Waals surface area contributed by atoms with E-state index in [1.54, 1.807) is 0 Å². The molecule has 0 unspecified atom stereocenters. The van der Waals surface area contributed by atoms with Crippen LogP contribution < -0.4 is 5.32 Å². The predicted octanol–water partition coefficient (Wildman–Crippen LogP) is 2.60. The van der Waals surface area contributed by atoms with Gasteiger partial charge in [-0.1, -0.05) is 46.3 Å². The van der Waals surface area contributed by atoms with E-state index in [2.05, 4.69) is 51.6 Å². The van der Waals surface area contributed by atoms with Gasteiger partial charge in [0.15, 0.2) is 0 Å². The summed E-state index contributed by atoms with van der Waals surface area (Å²) in [6.45, 7) is 2.19. The van der Waals surface area contributed by atoms with Gasteiger partial charge in [-0.3, -0.25) is 0 Å². The molecule has 0 heterocycles. The van der Waals surface area contributed by atoms with Crippen LogP contribution in [0.4, 0.5) is 0 Å². The molecule has 0 amide bonds. The molecule has 72 valence electrons. The van der Waals surface area contributed by atoms with Crippen molar-refractivity contribution in [2.45, 2.75) is 12.8 Å². The highest BCUT2D eigenvalue weighted by Crippen LogP contribution is 1.97. The number of benzene rings is 1. The second-order valence-corrected chi connectivity index (χ2v) is 3.82. The minimum absolute atomic E-state index is 1.08. The van der Waals surface area contributed by atoms with Crippen LogP contribution in [0.5, 0.6) is 0 Å². The zero-order valence-corrected chi connectivity index (χ0v) is 9.39. The summed E-state index contributed by atoms with van der Waals surface area (Å²) in [5.41, 5.74) is 1.41. The fourth-order valence-electron chi connectivity index (χ4n) is 1.19. The standard InChI is InChI=1S/C11H16BrN/c12-8-4-9-13-10-7-11-5-2-1-3-6-11/h1-3,5-6,13H,4,7-10H2. The molecule has 0 saturated heterocycles. The Morgan fingerprint density at radius 3 is 2.54 bits per heavy atom. The van der Waals surface area contributed by atoms with Crippen molar-refractivity contribution in [3.05, 3.63) is 35.9 Å². The molecule has 0 atom stereocenters.